The first-order valence-corrected chi connectivity index (χ1v) is 9.47. The highest BCUT2D eigenvalue weighted by Crippen LogP contribution is 2.22. The zero-order valence-corrected chi connectivity index (χ0v) is 16.5. The summed E-state index contributed by atoms with van der Waals surface area (Å²) in [5.41, 5.74) is 2.53. The minimum atomic E-state index is -0.0346. The lowest BCUT2D eigenvalue weighted by atomic mass is 10.1. The summed E-state index contributed by atoms with van der Waals surface area (Å²) in [5.74, 6) is 0.0251. The molecule has 1 aliphatic rings. The molecule has 4 nitrogen and oxygen atoms in total. The molecule has 0 aromatic heterocycles. The van der Waals surface area contributed by atoms with Crippen molar-refractivity contribution in [2.75, 3.05) is 31.1 Å². The van der Waals surface area contributed by atoms with E-state index < -0.39 is 0 Å². The maximum atomic E-state index is 12.4. The standard InChI is InChI=1S/C21H20Cl2N2O2/c1-15(26)16-3-7-19(8-4-16)24-10-12-25(13-11-24)21(27)9-5-17-2-6-18(22)14-20(17)23/h2-9,14H,10-13H2,1H3/b9-5+. The van der Waals surface area contributed by atoms with Gasteiger partial charge in [0.15, 0.2) is 5.78 Å². The third kappa shape index (κ3) is 4.90. The second-order valence-electron chi connectivity index (χ2n) is 6.41. The summed E-state index contributed by atoms with van der Waals surface area (Å²) in [6, 6.07) is 12.8. The maximum absolute atomic E-state index is 12.4. The van der Waals surface area contributed by atoms with Gasteiger partial charge in [0.2, 0.25) is 5.91 Å². The lowest BCUT2D eigenvalue weighted by molar-refractivity contribution is -0.126. The molecule has 0 spiro atoms. The Balaban J connectivity index is 1.57. The number of amides is 1. The molecule has 0 atom stereocenters. The Bertz CT molecular complexity index is 870. The highest BCUT2D eigenvalue weighted by atomic mass is 35.5. The topological polar surface area (TPSA) is 40.6 Å². The van der Waals surface area contributed by atoms with Gasteiger partial charge in [-0.3, -0.25) is 9.59 Å². The molecule has 0 N–H and O–H groups in total. The Morgan fingerprint density at radius 3 is 2.22 bits per heavy atom. The van der Waals surface area contributed by atoms with E-state index in [0.717, 1.165) is 24.3 Å². The van der Waals surface area contributed by atoms with Gasteiger partial charge in [0.25, 0.3) is 0 Å². The van der Waals surface area contributed by atoms with Gasteiger partial charge in [-0.05, 0) is 55.0 Å². The molecule has 1 aliphatic heterocycles. The fraction of sp³-hybridized carbons (Fsp3) is 0.238. The lowest BCUT2D eigenvalue weighted by Gasteiger charge is -2.35. The van der Waals surface area contributed by atoms with Crippen LogP contribution >= 0.6 is 23.2 Å². The van der Waals surface area contributed by atoms with Crippen LogP contribution in [0.3, 0.4) is 0 Å². The van der Waals surface area contributed by atoms with E-state index in [1.54, 1.807) is 37.3 Å². The SMILES string of the molecule is CC(=O)c1ccc(N2CCN(C(=O)/C=C/c3ccc(Cl)cc3Cl)CC2)cc1. The summed E-state index contributed by atoms with van der Waals surface area (Å²) in [4.78, 5) is 27.8. The monoisotopic (exact) mass is 402 g/mol. The van der Waals surface area contributed by atoms with E-state index in [4.69, 9.17) is 23.2 Å². The van der Waals surface area contributed by atoms with Crippen molar-refractivity contribution in [1.82, 2.24) is 4.90 Å². The summed E-state index contributed by atoms with van der Waals surface area (Å²) >= 11 is 12.0. The normalized spacial score (nSPS) is 14.6. The molecule has 27 heavy (non-hydrogen) atoms. The molecule has 140 valence electrons. The minimum absolute atomic E-state index is 0.0346. The van der Waals surface area contributed by atoms with Gasteiger partial charge < -0.3 is 9.80 Å². The van der Waals surface area contributed by atoms with Crippen LogP contribution in [0.1, 0.15) is 22.8 Å². The number of nitrogens with zero attached hydrogens (tertiary/aromatic N) is 2. The van der Waals surface area contributed by atoms with Crippen molar-refractivity contribution in [2.45, 2.75) is 6.92 Å². The molecule has 0 unspecified atom stereocenters. The van der Waals surface area contributed by atoms with Crippen molar-refractivity contribution < 1.29 is 9.59 Å². The number of hydrogen-bond donors (Lipinski definition) is 0. The summed E-state index contributed by atoms with van der Waals surface area (Å²) in [7, 11) is 0. The first kappa shape index (κ1) is 19.5. The molecular formula is C21H20Cl2N2O2. The van der Waals surface area contributed by atoms with Gasteiger partial charge in [-0.2, -0.15) is 0 Å². The van der Waals surface area contributed by atoms with Crippen LogP contribution in [0.15, 0.2) is 48.5 Å². The summed E-state index contributed by atoms with van der Waals surface area (Å²) in [6.45, 7) is 4.35. The van der Waals surface area contributed by atoms with Crippen molar-refractivity contribution in [2.24, 2.45) is 0 Å². The predicted molar refractivity (Wildman–Crippen MR) is 111 cm³/mol. The second kappa shape index (κ2) is 8.59. The number of ketones is 1. The fourth-order valence-electron chi connectivity index (χ4n) is 3.00. The molecule has 1 fully saturated rings. The van der Waals surface area contributed by atoms with Gasteiger partial charge in [0.1, 0.15) is 0 Å². The van der Waals surface area contributed by atoms with Gasteiger partial charge in [-0.25, -0.2) is 0 Å². The van der Waals surface area contributed by atoms with Crippen molar-refractivity contribution in [3.63, 3.8) is 0 Å². The van der Waals surface area contributed by atoms with Crippen molar-refractivity contribution >= 4 is 46.7 Å². The molecule has 0 bridgehead atoms. The van der Waals surface area contributed by atoms with Crippen molar-refractivity contribution in [3.05, 3.63) is 69.7 Å². The first-order chi connectivity index (χ1) is 12.9. The smallest absolute Gasteiger partial charge is 0.246 e. The minimum Gasteiger partial charge on any atom is -0.368 e. The van der Waals surface area contributed by atoms with Crippen molar-refractivity contribution in [3.8, 4) is 0 Å². The number of carbonyl (C=O) groups excluding carboxylic acids is 2. The van der Waals surface area contributed by atoms with E-state index >= 15 is 0 Å². The Hall–Kier alpha value is -2.30. The van der Waals surface area contributed by atoms with Crippen LogP contribution in [-0.4, -0.2) is 42.8 Å². The number of carbonyl (C=O) groups is 2. The third-order valence-electron chi connectivity index (χ3n) is 4.60. The Labute approximate surface area is 169 Å². The number of benzene rings is 2. The van der Waals surface area contributed by atoms with Gasteiger partial charge in [0, 0.05) is 53.6 Å². The zero-order valence-electron chi connectivity index (χ0n) is 15.0. The number of piperazine rings is 1. The molecule has 0 saturated carbocycles. The van der Waals surface area contributed by atoms with E-state index in [-0.39, 0.29) is 11.7 Å². The molecule has 3 rings (SSSR count). The average molecular weight is 403 g/mol. The van der Waals surface area contributed by atoms with Crippen LogP contribution in [-0.2, 0) is 4.79 Å². The van der Waals surface area contributed by atoms with Gasteiger partial charge in [-0.15, -0.1) is 0 Å². The number of halogens is 2. The second-order valence-corrected chi connectivity index (χ2v) is 7.26. The average Bonchev–Trinajstić information content (AvgIpc) is 2.67. The first-order valence-electron chi connectivity index (χ1n) is 8.72. The van der Waals surface area contributed by atoms with E-state index in [1.165, 1.54) is 0 Å². The number of Topliss-reactive ketones (excluding diaryl/α,β-unsaturated/α-hetero) is 1. The van der Waals surface area contributed by atoms with E-state index in [1.807, 2.05) is 29.2 Å². The largest absolute Gasteiger partial charge is 0.368 e. The predicted octanol–water partition coefficient (Wildman–Crippen LogP) is 4.56. The highest BCUT2D eigenvalue weighted by Gasteiger charge is 2.20. The molecule has 1 amide bonds. The van der Waals surface area contributed by atoms with Crippen LogP contribution < -0.4 is 4.90 Å². The Morgan fingerprint density at radius 2 is 1.63 bits per heavy atom. The Morgan fingerprint density at radius 1 is 0.963 bits per heavy atom. The summed E-state index contributed by atoms with van der Waals surface area (Å²) in [6.07, 6.45) is 3.26. The number of rotatable bonds is 4. The molecule has 1 saturated heterocycles. The van der Waals surface area contributed by atoms with Crippen LogP contribution in [0, 0.1) is 0 Å². The number of hydrogen-bond acceptors (Lipinski definition) is 3. The highest BCUT2D eigenvalue weighted by molar-refractivity contribution is 6.35. The molecular weight excluding hydrogens is 383 g/mol. The van der Waals surface area contributed by atoms with E-state index in [9.17, 15) is 9.59 Å². The molecule has 0 radical (unpaired) electrons. The van der Waals surface area contributed by atoms with Gasteiger partial charge in [-0.1, -0.05) is 29.3 Å². The van der Waals surface area contributed by atoms with Crippen LogP contribution in [0.2, 0.25) is 10.0 Å². The van der Waals surface area contributed by atoms with E-state index in [2.05, 4.69) is 4.90 Å². The number of anilines is 1. The van der Waals surface area contributed by atoms with E-state index in [0.29, 0.717) is 28.7 Å². The fourth-order valence-corrected chi connectivity index (χ4v) is 3.47. The molecule has 2 aromatic rings. The van der Waals surface area contributed by atoms with Crippen LogP contribution in [0.25, 0.3) is 6.08 Å². The molecule has 2 aromatic carbocycles. The quantitative estimate of drug-likeness (QED) is 0.555. The lowest BCUT2D eigenvalue weighted by Crippen LogP contribution is -2.48. The summed E-state index contributed by atoms with van der Waals surface area (Å²) in [5, 5.41) is 1.08. The van der Waals surface area contributed by atoms with Gasteiger partial charge in [0.05, 0.1) is 0 Å². The van der Waals surface area contributed by atoms with Crippen LogP contribution in [0.4, 0.5) is 5.69 Å². The summed E-state index contributed by atoms with van der Waals surface area (Å²) < 4.78 is 0. The Kier molecular flexibility index (Phi) is 6.19. The maximum Gasteiger partial charge on any atom is 0.246 e. The molecule has 6 heteroatoms. The third-order valence-corrected chi connectivity index (χ3v) is 5.16. The molecule has 0 aliphatic carbocycles. The molecule has 1 heterocycles. The van der Waals surface area contributed by atoms with Crippen molar-refractivity contribution in [1.29, 1.82) is 0 Å². The van der Waals surface area contributed by atoms with Crippen LogP contribution in [0.5, 0.6) is 0 Å². The zero-order chi connectivity index (χ0) is 19.4. The van der Waals surface area contributed by atoms with Gasteiger partial charge >= 0.3 is 0 Å².